The Morgan fingerprint density at radius 2 is 2.28 bits per heavy atom. The molecule has 0 spiro atoms. The largest absolute Gasteiger partial charge is 0.362 e. The summed E-state index contributed by atoms with van der Waals surface area (Å²) in [6, 6.07) is 0. The first-order valence-corrected chi connectivity index (χ1v) is 7.68. The van der Waals surface area contributed by atoms with Crippen LogP contribution in [0.1, 0.15) is 24.0 Å². The number of hydrogen-bond donors (Lipinski definition) is 1. The summed E-state index contributed by atoms with van der Waals surface area (Å²) in [4.78, 5) is 5.59. The van der Waals surface area contributed by atoms with E-state index in [4.69, 9.17) is 0 Å². The smallest absolute Gasteiger partial charge is 0.191 e. The second-order valence-corrected chi connectivity index (χ2v) is 5.99. The monoisotopic (exact) mass is 283 g/mol. The molecule has 2 heterocycles. The lowest BCUT2D eigenvalue weighted by atomic mass is 10.5. The van der Waals surface area contributed by atoms with E-state index in [0.717, 1.165) is 34.8 Å². The van der Waals surface area contributed by atoms with Gasteiger partial charge in [0.1, 0.15) is 5.82 Å². The summed E-state index contributed by atoms with van der Waals surface area (Å²) < 4.78 is 2.00. The van der Waals surface area contributed by atoms with E-state index in [1.54, 1.807) is 23.1 Å². The number of nitrogens with zero attached hydrogens (tertiary/aromatic N) is 4. The number of thioether (sulfide) groups is 1. The molecule has 0 aliphatic rings. The van der Waals surface area contributed by atoms with Crippen LogP contribution in [0.5, 0.6) is 0 Å². The van der Waals surface area contributed by atoms with Crippen molar-refractivity contribution in [2.75, 3.05) is 11.9 Å². The van der Waals surface area contributed by atoms with Gasteiger partial charge in [-0.15, -0.1) is 21.5 Å². The molecule has 0 saturated carbocycles. The Hall–Kier alpha value is -1.08. The molecule has 0 aliphatic heterocycles. The maximum Gasteiger partial charge on any atom is 0.191 e. The maximum atomic E-state index is 4.34. The van der Waals surface area contributed by atoms with Crippen molar-refractivity contribution in [3.8, 4) is 0 Å². The zero-order valence-corrected chi connectivity index (χ0v) is 12.4. The molecule has 0 aliphatic carbocycles. The van der Waals surface area contributed by atoms with Gasteiger partial charge in [-0.1, -0.05) is 18.7 Å². The molecule has 98 valence electrons. The number of nitrogens with one attached hydrogen (secondary N) is 1. The van der Waals surface area contributed by atoms with Gasteiger partial charge < -0.3 is 9.88 Å². The molecule has 2 aromatic rings. The fourth-order valence-corrected chi connectivity index (χ4v) is 3.15. The van der Waals surface area contributed by atoms with Crippen LogP contribution < -0.4 is 5.32 Å². The summed E-state index contributed by atoms with van der Waals surface area (Å²) in [6.07, 6.45) is 3.04. The highest BCUT2D eigenvalue weighted by Crippen LogP contribution is 2.26. The lowest BCUT2D eigenvalue weighted by molar-refractivity contribution is 0.765. The van der Waals surface area contributed by atoms with Crippen LogP contribution in [0.4, 0.5) is 5.13 Å². The number of thiazole rings is 1. The molecule has 0 aromatic carbocycles. The highest BCUT2D eigenvalue weighted by molar-refractivity contribution is 7.98. The van der Waals surface area contributed by atoms with Crippen LogP contribution in [0.2, 0.25) is 0 Å². The van der Waals surface area contributed by atoms with E-state index in [2.05, 4.69) is 27.4 Å². The Bertz CT molecular complexity index is 505. The van der Waals surface area contributed by atoms with Crippen molar-refractivity contribution < 1.29 is 0 Å². The molecule has 0 radical (unpaired) electrons. The number of anilines is 1. The average molecular weight is 283 g/mol. The van der Waals surface area contributed by atoms with E-state index < -0.39 is 0 Å². The Labute approximate surface area is 115 Å². The summed E-state index contributed by atoms with van der Waals surface area (Å²) in [5.74, 6) is 1.82. The van der Waals surface area contributed by atoms with E-state index in [1.807, 2.05) is 24.7 Å². The highest BCUT2D eigenvalue weighted by Gasteiger charge is 2.07. The Morgan fingerprint density at radius 1 is 1.44 bits per heavy atom. The minimum absolute atomic E-state index is 0.886. The Balaban J connectivity index is 1.90. The van der Waals surface area contributed by atoms with Crippen molar-refractivity contribution in [1.29, 1.82) is 0 Å². The van der Waals surface area contributed by atoms with Gasteiger partial charge in [0.25, 0.3) is 0 Å². The summed E-state index contributed by atoms with van der Waals surface area (Å²) in [5.41, 5.74) is 0. The molecule has 0 unspecified atom stereocenters. The highest BCUT2D eigenvalue weighted by atomic mass is 32.2. The van der Waals surface area contributed by atoms with Gasteiger partial charge in [0.2, 0.25) is 0 Å². The zero-order chi connectivity index (χ0) is 13.0. The molecule has 0 fully saturated rings. The number of aryl methyl sites for hydroxylation is 1. The third kappa shape index (κ3) is 3.23. The molecule has 1 N–H and O–H groups in total. The van der Waals surface area contributed by atoms with Gasteiger partial charge in [0.15, 0.2) is 10.3 Å². The van der Waals surface area contributed by atoms with Gasteiger partial charge in [0.05, 0.1) is 0 Å². The summed E-state index contributed by atoms with van der Waals surface area (Å²) in [6.45, 7) is 5.08. The van der Waals surface area contributed by atoms with E-state index in [0.29, 0.717) is 0 Å². The molecular formula is C11H17N5S2. The fraction of sp³-hybridized carbons (Fsp3) is 0.545. The normalized spacial score (nSPS) is 10.8. The molecule has 2 aromatic heterocycles. The van der Waals surface area contributed by atoms with Crippen molar-refractivity contribution >= 4 is 28.2 Å². The van der Waals surface area contributed by atoms with Gasteiger partial charge in [-0.05, 0) is 13.3 Å². The number of aromatic nitrogens is 4. The first kappa shape index (κ1) is 13.4. The quantitative estimate of drug-likeness (QED) is 0.826. The second-order valence-electron chi connectivity index (χ2n) is 3.94. The molecule has 5 nitrogen and oxygen atoms in total. The molecule has 0 amide bonds. The maximum absolute atomic E-state index is 4.34. The third-order valence-electron chi connectivity index (χ3n) is 2.48. The first-order chi connectivity index (χ1) is 8.70. The standard InChI is InChI=1S/C11H17N5S2/c1-4-5-12-10-13-6-9(18-10)7-17-11-15-14-8(2)16(11)3/h6H,4-5,7H2,1-3H3,(H,12,13). The van der Waals surface area contributed by atoms with Crippen LogP contribution in [0.25, 0.3) is 0 Å². The van der Waals surface area contributed by atoms with Crippen molar-refractivity contribution in [2.24, 2.45) is 7.05 Å². The predicted octanol–water partition coefficient (Wildman–Crippen LogP) is 2.69. The average Bonchev–Trinajstić information content (AvgIpc) is 2.94. The van der Waals surface area contributed by atoms with Crippen LogP contribution in [-0.2, 0) is 12.8 Å². The second kappa shape index (κ2) is 6.19. The van der Waals surface area contributed by atoms with Crippen LogP contribution in [-0.4, -0.2) is 26.3 Å². The van der Waals surface area contributed by atoms with Crippen LogP contribution >= 0.6 is 23.1 Å². The van der Waals surface area contributed by atoms with E-state index >= 15 is 0 Å². The van der Waals surface area contributed by atoms with Crippen molar-refractivity contribution in [2.45, 2.75) is 31.2 Å². The first-order valence-electron chi connectivity index (χ1n) is 5.88. The van der Waals surface area contributed by atoms with Crippen LogP contribution in [0.15, 0.2) is 11.4 Å². The van der Waals surface area contributed by atoms with Crippen LogP contribution in [0, 0.1) is 6.92 Å². The van der Waals surface area contributed by atoms with E-state index in [9.17, 15) is 0 Å². The summed E-state index contributed by atoms with van der Waals surface area (Å²) >= 11 is 3.39. The van der Waals surface area contributed by atoms with Gasteiger partial charge in [-0.3, -0.25) is 0 Å². The van der Waals surface area contributed by atoms with Gasteiger partial charge in [-0.2, -0.15) is 0 Å². The third-order valence-corrected chi connectivity index (χ3v) is 4.68. The predicted molar refractivity (Wildman–Crippen MR) is 76.2 cm³/mol. The lowest BCUT2D eigenvalue weighted by Gasteiger charge is -1.99. The zero-order valence-electron chi connectivity index (χ0n) is 10.8. The fourth-order valence-electron chi connectivity index (χ4n) is 1.34. The molecule has 0 saturated heterocycles. The van der Waals surface area contributed by atoms with Crippen molar-refractivity contribution in [1.82, 2.24) is 19.7 Å². The van der Waals surface area contributed by atoms with Crippen molar-refractivity contribution in [3.05, 3.63) is 16.9 Å². The van der Waals surface area contributed by atoms with Crippen LogP contribution in [0.3, 0.4) is 0 Å². The van der Waals surface area contributed by atoms with Gasteiger partial charge >= 0.3 is 0 Å². The summed E-state index contributed by atoms with van der Waals surface area (Å²) in [7, 11) is 1.98. The Morgan fingerprint density at radius 3 is 2.94 bits per heavy atom. The minimum Gasteiger partial charge on any atom is -0.362 e. The Kier molecular flexibility index (Phi) is 4.60. The molecule has 0 atom stereocenters. The van der Waals surface area contributed by atoms with E-state index in [1.165, 1.54) is 4.88 Å². The van der Waals surface area contributed by atoms with E-state index in [-0.39, 0.29) is 0 Å². The van der Waals surface area contributed by atoms with Gasteiger partial charge in [0, 0.05) is 30.4 Å². The van der Waals surface area contributed by atoms with Crippen molar-refractivity contribution in [3.63, 3.8) is 0 Å². The molecular weight excluding hydrogens is 266 g/mol. The topological polar surface area (TPSA) is 55.6 Å². The molecule has 7 heteroatoms. The molecule has 18 heavy (non-hydrogen) atoms. The number of rotatable bonds is 6. The molecule has 0 bridgehead atoms. The SMILES string of the molecule is CCCNc1ncc(CSc2nnc(C)n2C)s1. The molecule has 2 rings (SSSR count). The number of hydrogen-bond acceptors (Lipinski definition) is 6. The van der Waals surface area contributed by atoms with Gasteiger partial charge in [-0.25, -0.2) is 4.98 Å². The lowest BCUT2D eigenvalue weighted by Crippen LogP contribution is -1.97. The minimum atomic E-state index is 0.886. The summed E-state index contributed by atoms with van der Waals surface area (Å²) in [5, 5.41) is 13.4.